The maximum atomic E-state index is 13.0. The van der Waals surface area contributed by atoms with Gasteiger partial charge >= 0.3 is 0 Å². The number of anilines is 2. The van der Waals surface area contributed by atoms with E-state index in [0.717, 1.165) is 32.2 Å². The number of ether oxygens (including phenoxy) is 1. The van der Waals surface area contributed by atoms with Gasteiger partial charge in [0.05, 0.1) is 33.5 Å². The number of nitrogens with zero attached hydrogens (tertiary/aromatic N) is 4. The molecule has 3 aromatic rings. The molecule has 1 fully saturated rings. The van der Waals surface area contributed by atoms with E-state index in [4.69, 9.17) is 38.8 Å². The number of aliphatic hydroxyl groups excluding tert-OH is 1. The summed E-state index contributed by atoms with van der Waals surface area (Å²) >= 11 is 13.1. The normalized spacial score (nSPS) is 15.8. The van der Waals surface area contributed by atoms with Crippen LogP contribution in [0.2, 0.25) is 5.02 Å². The summed E-state index contributed by atoms with van der Waals surface area (Å²) in [5.74, 6) is 0.770. The van der Waals surface area contributed by atoms with Crippen LogP contribution in [0.1, 0.15) is 23.2 Å². The SMILES string of the molecule is CN=C/C=C\C(Cl)=C(/NC)OCC1CCCN1c1cc2c(cc1Cl)c(=O)c(C=O)cn2-c1ccnc(N)c1.CO. The van der Waals surface area contributed by atoms with Crippen LogP contribution >= 0.6 is 23.2 Å². The highest BCUT2D eigenvalue weighted by molar-refractivity contribution is 6.34. The number of halogens is 2. The largest absolute Gasteiger partial charge is 0.476 e. The maximum Gasteiger partial charge on any atom is 0.205 e. The first-order valence-electron chi connectivity index (χ1n) is 12.4. The van der Waals surface area contributed by atoms with Gasteiger partial charge in [-0.1, -0.05) is 23.2 Å². The van der Waals surface area contributed by atoms with Gasteiger partial charge in [0.2, 0.25) is 5.88 Å². The summed E-state index contributed by atoms with van der Waals surface area (Å²) in [5.41, 5.74) is 7.57. The van der Waals surface area contributed by atoms with Crippen LogP contribution in [0.4, 0.5) is 11.5 Å². The van der Waals surface area contributed by atoms with Gasteiger partial charge in [0.25, 0.3) is 0 Å². The zero-order valence-electron chi connectivity index (χ0n) is 22.5. The number of rotatable bonds is 9. The Morgan fingerprint density at radius 3 is 2.80 bits per heavy atom. The van der Waals surface area contributed by atoms with Crippen molar-refractivity contribution in [1.82, 2.24) is 14.9 Å². The van der Waals surface area contributed by atoms with Gasteiger partial charge in [-0.15, -0.1) is 0 Å². The van der Waals surface area contributed by atoms with Gasteiger partial charge in [-0.25, -0.2) is 4.98 Å². The summed E-state index contributed by atoms with van der Waals surface area (Å²) in [6.45, 7) is 1.13. The Balaban J connectivity index is 0.00000216. The van der Waals surface area contributed by atoms with Crippen LogP contribution in [0.5, 0.6) is 0 Å². The summed E-state index contributed by atoms with van der Waals surface area (Å²) in [4.78, 5) is 34.8. The number of aldehydes is 1. The van der Waals surface area contributed by atoms with Crippen molar-refractivity contribution in [2.45, 2.75) is 18.9 Å². The number of fused-ring (bicyclic) bond motifs is 1. The van der Waals surface area contributed by atoms with Crippen LogP contribution < -0.4 is 21.4 Å². The molecule has 0 aliphatic carbocycles. The lowest BCUT2D eigenvalue weighted by Crippen LogP contribution is -2.34. The second-order valence-corrected chi connectivity index (χ2v) is 9.47. The van der Waals surface area contributed by atoms with Crippen molar-refractivity contribution in [3.8, 4) is 5.69 Å². The van der Waals surface area contributed by atoms with Crippen molar-refractivity contribution in [3.05, 3.63) is 80.5 Å². The van der Waals surface area contributed by atoms with Gasteiger partial charge < -0.3 is 30.4 Å². The Hall–Kier alpha value is -3.86. The molecule has 1 aliphatic heterocycles. The molecule has 212 valence electrons. The maximum absolute atomic E-state index is 13.0. The van der Waals surface area contributed by atoms with E-state index in [-0.39, 0.29) is 17.0 Å². The number of allylic oxidation sites excluding steroid dienone is 3. The summed E-state index contributed by atoms with van der Waals surface area (Å²) < 4.78 is 7.80. The topological polar surface area (TPSA) is 135 Å². The second kappa shape index (κ2) is 14.5. The number of carbonyl (C=O) groups is 1. The molecule has 0 amide bonds. The average molecular weight is 588 g/mol. The molecule has 1 saturated heterocycles. The molecule has 1 atom stereocenters. The zero-order chi connectivity index (χ0) is 29.2. The number of hydrogen-bond acceptors (Lipinski definition) is 9. The Morgan fingerprint density at radius 2 is 2.12 bits per heavy atom. The van der Waals surface area contributed by atoms with Crippen molar-refractivity contribution >= 4 is 58.1 Å². The molecule has 10 nitrogen and oxygen atoms in total. The van der Waals surface area contributed by atoms with Crippen LogP contribution in [0.25, 0.3) is 16.6 Å². The summed E-state index contributed by atoms with van der Waals surface area (Å²) in [6.07, 6.45) is 10.5. The molecule has 0 radical (unpaired) electrons. The lowest BCUT2D eigenvalue weighted by atomic mass is 10.1. The van der Waals surface area contributed by atoms with Crippen LogP contribution in [-0.4, -0.2) is 67.6 Å². The fourth-order valence-corrected chi connectivity index (χ4v) is 5.01. The highest BCUT2D eigenvalue weighted by Gasteiger charge is 2.28. The van der Waals surface area contributed by atoms with Crippen LogP contribution in [0.3, 0.4) is 0 Å². The van der Waals surface area contributed by atoms with Gasteiger partial charge in [-0.3, -0.25) is 14.6 Å². The molecule has 1 aromatic carbocycles. The number of aromatic nitrogens is 2. The first kappa shape index (κ1) is 30.7. The Kier molecular flexibility index (Phi) is 11.1. The van der Waals surface area contributed by atoms with E-state index in [9.17, 15) is 9.59 Å². The lowest BCUT2D eigenvalue weighted by molar-refractivity contribution is 0.112. The minimum atomic E-state index is -0.386. The molecular weight excluding hydrogens is 555 g/mol. The van der Waals surface area contributed by atoms with Crippen LogP contribution in [0, 0.1) is 0 Å². The summed E-state index contributed by atoms with van der Waals surface area (Å²) in [6, 6.07) is 6.94. The number of aliphatic imine (C=N–C) groups is 1. The predicted octanol–water partition coefficient (Wildman–Crippen LogP) is 3.91. The molecule has 40 heavy (non-hydrogen) atoms. The monoisotopic (exact) mass is 586 g/mol. The van der Waals surface area contributed by atoms with E-state index in [2.05, 4.69) is 20.2 Å². The number of carbonyl (C=O) groups excluding carboxylic acids is 1. The molecule has 4 rings (SSSR count). The molecule has 4 N–H and O–H groups in total. The minimum absolute atomic E-state index is 0.0185. The first-order valence-corrected chi connectivity index (χ1v) is 13.2. The fourth-order valence-electron chi connectivity index (χ4n) is 4.51. The van der Waals surface area contributed by atoms with Crippen molar-refractivity contribution in [2.75, 3.05) is 45.0 Å². The number of nitrogens with two attached hydrogens (primary N) is 1. The van der Waals surface area contributed by atoms with Crippen molar-refractivity contribution < 1.29 is 14.6 Å². The molecule has 2 aromatic heterocycles. The number of aliphatic hydroxyl groups is 1. The van der Waals surface area contributed by atoms with E-state index in [0.29, 0.717) is 51.2 Å². The van der Waals surface area contributed by atoms with E-state index in [1.165, 1.54) is 6.20 Å². The van der Waals surface area contributed by atoms with Crippen molar-refractivity contribution in [1.29, 1.82) is 0 Å². The smallest absolute Gasteiger partial charge is 0.205 e. The van der Waals surface area contributed by atoms with Crippen LogP contribution in [-0.2, 0) is 4.74 Å². The van der Waals surface area contributed by atoms with Gasteiger partial charge in [0, 0.05) is 57.8 Å². The Bertz CT molecular complexity index is 1500. The molecule has 3 heterocycles. The van der Waals surface area contributed by atoms with Crippen molar-refractivity contribution in [3.63, 3.8) is 0 Å². The number of nitrogen functional groups attached to an aromatic ring is 1. The average Bonchev–Trinajstić information content (AvgIpc) is 3.43. The minimum Gasteiger partial charge on any atom is -0.476 e. The van der Waals surface area contributed by atoms with Gasteiger partial charge in [-0.2, -0.15) is 0 Å². The number of nitrogens with one attached hydrogen (secondary N) is 1. The van der Waals surface area contributed by atoms with Gasteiger partial charge in [0.1, 0.15) is 17.5 Å². The van der Waals surface area contributed by atoms with E-state index < -0.39 is 0 Å². The molecule has 1 aliphatic rings. The fraction of sp³-hybridized carbons (Fsp3) is 0.286. The standard InChI is InChI=1S/C27H28Cl2N6O3.CH4O/c1-31-8-3-6-21(28)27(32-2)38-16-19-5-4-10-34(19)24-13-23-20(12-22(24)29)26(37)17(15-36)14-35(23)18-7-9-33-25(30)11-18;1-2/h3,6-9,11-15,19,32H,4-5,10,16H2,1-2H3,(H2,30,33);2H,1H3/b6-3-,27-21-,31-8?;. The molecule has 0 bridgehead atoms. The third-order valence-corrected chi connectivity index (χ3v) is 6.90. The quantitative estimate of drug-likeness (QED) is 0.149. The highest BCUT2D eigenvalue weighted by atomic mass is 35.5. The lowest BCUT2D eigenvalue weighted by Gasteiger charge is -2.29. The highest BCUT2D eigenvalue weighted by Crippen LogP contribution is 2.35. The molecule has 1 unspecified atom stereocenters. The third-order valence-electron chi connectivity index (χ3n) is 6.30. The Morgan fingerprint density at radius 1 is 1.35 bits per heavy atom. The summed E-state index contributed by atoms with van der Waals surface area (Å²) in [5, 5.41) is 11.2. The molecule has 12 heteroatoms. The number of hydrogen-bond donors (Lipinski definition) is 3. The molecule has 0 spiro atoms. The Labute approximate surface area is 242 Å². The van der Waals surface area contributed by atoms with E-state index >= 15 is 0 Å². The summed E-state index contributed by atoms with van der Waals surface area (Å²) in [7, 11) is 4.42. The third kappa shape index (κ3) is 6.82. The second-order valence-electron chi connectivity index (χ2n) is 8.65. The van der Waals surface area contributed by atoms with Crippen molar-refractivity contribution in [2.24, 2.45) is 4.99 Å². The first-order chi connectivity index (χ1) is 19.4. The molecular formula is C28H32Cl2N6O4. The zero-order valence-corrected chi connectivity index (χ0v) is 24.0. The van der Waals surface area contributed by atoms with E-state index in [1.807, 2.05) is 6.07 Å². The number of benzene rings is 1. The molecule has 0 saturated carbocycles. The van der Waals surface area contributed by atoms with Crippen LogP contribution in [0.15, 0.2) is 69.5 Å². The van der Waals surface area contributed by atoms with Gasteiger partial charge in [0.15, 0.2) is 11.7 Å². The van der Waals surface area contributed by atoms with Gasteiger partial charge in [-0.05, 0) is 43.2 Å². The predicted molar refractivity (Wildman–Crippen MR) is 162 cm³/mol. The number of pyridine rings is 2. The van der Waals surface area contributed by atoms with E-state index in [1.54, 1.807) is 61.4 Å².